The van der Waals surface area contributed by atoms with Crippen LogP contribution >= 0.6 is 0 Å². The van der Waals surface area contributed by atoms with Crippen molar-refractivity contribution in [3.8, 4) is 0 Å². The van der Waals surface area contributed by atoms with Crippen molar-refractivity contribution in [3.63, 3.8) is 0 Å². The van der Waals surface area contributed by atoms with E-state index in [2.05, 4.69) is 10.1 Å². The zero-order chi connectivity index (χ0) is 19.8. The van der Waals surface area contributed by atoms with E-state index < -0.39 is 0 Å². The van der Waals surface area contributed by atoms with Gasteiger partial charge in [-0.2, -0.15) is 5.10 Å². The Hall–Kier alpha value is -2.90. The van der Waals surface area contributed by atoms with Crippen LogP contribution in [-0.4, -0.2) is 62.6 Å². The molecule has 27 heavy (non-hydrogen) atoms. The summed E-state index contributed by atoms with van der Waals surface area (Å²) in [6.45, 7) is 7.94. The third-order valence-electron chi connectivity index (χ3n) is 4.65. The number of amides is 2. The van der Waals surface area contributed by atoms with E-state index in [4.69, 9.17) is 0 Å². The van der Waals surface area contributed by atoms with E-state index in [1.165, 1.54) is 18.3 Å². The minimum Gasteiger partial charge on any atom is -0.335 e. The molecule has 0 aliphatic carbocycles. The predicted molar refractivity (Wildman–Crippen MR) is 101 cm³/mol. The second kappa shape index (κ2) is 7.02. The number of aromatic amines is 1. The Morgan fingerprint density at radius 1 is 1.04 bits per heavy atom. The summed E-state index contributed by atoms with van der Waals surface area (Å²) in [6, 6.07) is 2.85. The highest BCUT2D eigenvalue weighted by molar-refractivity contribution is 5.96. The molecule has 0 unspecified atom stereocenters. The van der Waals surface area contributed by atoms with Crippen molar-refractivity contribution in [2.45, 2.75) is 26.2 Å². The molecular formula is C19H25N5O3. The Balaban J connectivity index is 1.69. The lowest BCUT2D eigenvalue weighted by Gasteiger charge is -2.35. The van der Waals surface area contributed by atoms with Crippen LogP contribution in [0.5, 0.6) is 0 Å². The lowest BCUT2D eigenvalue weighted by Crippen LogP contribution is -2.50. The van der Waals surface area contributed by atoms with E-state index in [1.54, 1.807) is 20.7 Å². The van der Waals surface area contributed by atoms with Crippen LogP contribution in [0.4, 0.5) is 0 Å². The fraction of sp³-hybridized carbons (Fsp3) is 0.474. The van der Waals surface area contributed by atoms with Crippen molar-refractivity contribution in [1.29, 1.82) is 0 Å². The van der Waals surface area contributed by atoms with Crippen molar-refractivity contribution >= 4 is 11.8 Å². The summed E-state index contributed by atoms with van der Waals surface area (Å²) < 4.78 is 1.67. The number of H-pyrrole nitrogens is 1. The van der Waals surface area contributed by atoms with Crippen LogP contribution in [0.15, 0.2) is 29.3 Å². The number of carbonyl (C=O) groups is 2. The molecule has 144 valence electrons. The summed E-state index contributed by atoms with van der Waals surface area (Å²) >= 11 is 0. The fourth-order valence-electron chi connectivity index (χ4n) is 3.21. The van der Waals surface area contributed by atoms with Crippen LogP contribution in [0.3, 0.4) is 0 Å². The Morgan fingerprint density at radius 3 is 2.15 bits per heavy atom. The molecule has 0 bridgehead atoms. The van der Waals surface area contributed by atoms with E-state index in [-0.39, 0.29) is 22.8 Å². The van der Waals surface area contributed by atoms with E-state index >= 15 is 0 Å². The van der Waals surface area contributed by atoms with E-state index in [0.717, 1.165) is 5.69 Å². The Morgan fingerprint density at radius 2 is 1.63 bits per heavy atom. The molecule has 0 radical (unpaired) electrons. The smallest absolute Gasteiger partial charge is 0.257 e. The summed E-state index contributed by atoms with van der Waals surface area (Å²) in [6.07, 6.45) is 3.19. The molecule has 1 aliphatic rings. The van der Waals surface area contributed by atoms with Crippen LogP contribution < -0.4 is 5.56 Å². The minimum atomic E-state index is -0.243. The van der Waals surface area contributed by atoms with Gasteiger partial charge in [0, 0.05) is 57.1 Å². The fourth-order valence-corrected chi connectivity index (χ4v) is 3.21. The molecule has 0 spiro atoms. The zero-order valence-corrected chi connectivity index (χ0v) is 16.2. The van der Waals surface area contributed by atoms with Crippen LogP contribution in [0, 0.1) is 0 Å². The molecule has 1 N–H and O–H groups in total. The maximum absolute atomic E-state index is 13.0. The number of hydrogen-bond acceptors (Lipinski definition) is 4. The van der Waals surface area contributed by atoms with Crippen molar-refractivity contribution in [3.05, 3.63) is 51.7 Å². The average molecular weight is 371 g/mol. The summed E-state index contributed by atoms with van der Waals surface area (Å²) in [7, 11) is 1.81. The second-order valence-corrected chi connectivity index (χ2v) is 7.84. The number of nitrogens with zero attached hydrogens (tertiary/aromatic N) is 4. The number of nitrogens with one attached hydrogen (secondary N) is 1. The Kier molecular flexibility index (Phi) is 4.91. The largest absolute Gasteiger partial charge is 0.335 e. The third kappa shape index (κ3) is 3.94. The number of aromatic nitrogens is 3. The lowest BCUT2D eigenvalue weighted by atomic mass is 9.89. The molecule has 0 aromatic carbocycles. The van der Waals surface area contributed by atoms with Gasteiger partial charge in [-0.15, -0.1) is 0 Å². The number of hydrogen-bond donors (Lipinski definition) is 1. The van der Waals surface area contributed by atoms with Crippen LogP contribution in [0.1, 0.15) is 47.2 Å². The molecule has 8 heteroatoms. The average Bonchev–Trinajstić information content (AvgIpc) is 3.03. The van der Waals surface area contributed by atoms with Gasteiger partial charge in [0.25, 0.3) is 11.8 Å². The molecule has 1 fully saturated rings. The van der Waals surface area contributed by atoms with Gasteiger partial charge in [0.15, 0.2) is 0 Å². The molecule has 2 amide bonds. The van der Waals surface area contributed by atoms with E-state index in [1.807, 2.05) is 27.8 Å². The Bertz CT molecular complexity index is 894. The first kappa shape index (κ1) is 18.9. The highest BCUT2D eigenvalue weighted by Crippen LogP contribution is 2.25. The number of pyridine rings is 1. The van der Waals surface area contributed by atoms with Gasteiger partial charge < -0.3 is 14.8 Å². The maximum atomic E-state index is 13.0. The molecule has 3 rings (SSSR count). The van der Waals surface area contributed by atoms with E-state index in [0.29, 0.717) is 37.3 Å². The van der Waals surface area contributed by atoms with Gasteiger partial charge in [-0.05, 0) is 6.07 Å². The topological polar surface area (TPSA) is 91.3 Å². The van der Waals surface area contributed by atoms with E-state index in [9.17, 15) is 14.4 Å². The Labute approximate surface area is 157 Å². The van der Waals surface area contributed by atoms with Gasteiger partial charge in [-0.25, -0.2) is 0 Å². The van der Waals surface area contributed by atoms with Gasteiger partial charge in [-0.1, -0.05) is 20.8 Å². The minimum absolute atomic E-state index is 0.0517. The first-order valence-electron chi connectivity index (χ1n) is 8.98. The second-order valence-electron chi connectivity index (χ2n) is 7.84. The molecule has 1 saturated heterocycles. The number of piperazine rings is 1. The van der Waals surface area contributed by atoms with Crippen LogP contribution in [0.25, 0.3) is 0 Å². The molecule has 0 saturated carbocycles. The summed E-state index contributed by atoms with van der Waals surface area (Å²) in [5.41, 5.74) is 1.37. The predicted octanol–water partition coefficient (Wildman–Crippen LogP) is 1.00. The molecular weight excluding hydrogens is 346 g/mol. The van der Waals surface area contributed by atoms with Gasteiger partial charge in [0.2, 0.25) is 5.56 Å². The van der Waals surface area contributed by atoms with Crippen molar-refractivity contribution < 1.29 is 9.59 Å². The molecule has 3 heterocycles. The van der Waals surface area contributed by atoms with Gasteiger partial charge in [-0.3, -0.25) is 19.1 Å². The van der Waals surface area contributed by atoms with Gasteiger partial charge in [0.1, 0.15) is 0 Å². The van der Waals surface area contributed by atoms with Gasteiger partial charge >= 0.3 is 0 Å². The highest BCUT2D eigenvalue weighted by atomic mass is 16.2. The monoisotopic (exact) mass is 371 g/mol. The molecule has 8 nitrogen and oxygen atoms in total. The summed E-state index contributed by atoms with van der Waals surface area (Å²) in [4.78, 5) is 42.6. The third-order valence-corrected chi connectivity index (χ3v) is 4.65. The van der Waals surface area contributed by atoms with Crippen LogP contribution in [0.2, 0.25) is 0 Å². The lowest BCUT2D eigenvalue weighted by molar-refractivity contribution is 0.0534. The summed E-state index contributed by atoms with van der Waals surface area (Å²) in [5.74, 6) is -0.195. The van der Waals surface area contributed by atoms with Crippen molar-refractivity contribution in [2.24, 2.45) is 7.05 Å². The SMILES string of the molecule is Cn1cc(C(=O)N2CCN(C(=O)c3ccc(=O)[nH]c3)CC2)c(C(C)(C)C)n1. The van der Waals surface area contributed by atoms with Crippen molar-refractivity contribution in [1.82, 2.24) is 24.6 Å². The molecule has 0 atom stereocenters. The number of rotatable bonds is 2. The number of carbonyl (C=O) groups excluding carboxylic acids is 2. The van der Waals surface area contributed by atoms with Crippen LogP contribution in [-0.2, 0) is 12.5 Å². The van der Waals surface area contributed by atoms with Crippen molar-refractivity contribution in [2.75, 3.05) is 26.2 Å². The molecule has 2 aromatic rings. The first-order valence-corrected chi connectivity index (χ1v) is 8.98. The molecule has 1 aliphatic heterocycles. The highest BCUT2D eigenvalue weighted by Gasteiger charge is 2.31. The molecule has 2 aromatic heterocycles. The normalized spacial score (nSPS) is 15.1. The standard InChI is InChI=1S/C19H25N5O3/c1-19(2,3)16-14(12-22(4)21-16)18(27)24-9-7-23(8-10-24)17(26)13-5-6-15(25)20-11-13/h5-6,11-12H,7-10H2,1-4H3,(H,20,25). The maximum Gasteiger partial charge on any atom is 0.257 e. The summed E-state index contributed by atoms with van der Waals surface area (Å²) in [5, 5.41) is 4.46. The first-order chi connectivity index (χ1) is 12.7. The van der Waals surface area contributed by atoms with Gasteiger partial charge in [0.05, 0.1) is 16.8 Å². The number of aryl methyl sites for hydroxylation is 1. The zero-order valence-electron chi connectivity index (χ0n) is 16.2. The quantitative estimate of drug-likeness (QED) is 0.853.